The fourth-order valence-corrected chi connectivity index (χ4v) is 3.07. The molecule has 0 spiro atoms. The molecule has 4 nitrogen and oxygen atoms in total. The molecule has 0 radical (unpaired) electrons. The lowest BCUT2D eigenvalue weighted by Gasteiger charge is -2.09. The summed E-state index contributed by atoms with van der Waals surface area (Å²) in [6.07, 6.45) is 0.653. The van der Waals surface area contributed by atoms with Crippen LogP contribution in [0.1, 0.15) is 32.8 Å². The van der Waals surface area contributed by atoms with Gasteiger partial charge in [0.2, 0.25) is 0 Å². The molecule has 0 aromatic heterocycles. The Bertz CT molecular complexity index is 495. The Hall–Kier alpha value is -1.07. The highest BCUT2D eigenvalue weighted by Gasteiger charge is 2.09. The number of nitrogens with one attached hydrogen (secondary N) is 1. The first-order valence-corrected chi connectivity index (χ1v) is 9.38. The fourth-order valence-electron chi connectivity index (χ4n) is 1.91. The number of hydrogen-bond donors (Lipinski definition) is 1. The lowest BCUT2D eigenvalue weighted by Crippen LogP contribution is -2.19. The third kappa shape index (κ3) is 8.07. The van der Waals surface area contributed by atoms with Gasteiger partial charge in [-0.05, 0) is 36.6 Å². The Kier molecular flexibility index (Phi) is 7.75. The summed E-state index contributed by atoms with van der Waals surface area (Å²) >= 11 is 0. The van der Waals surface area contributed by atoms with Gasteiger partial charge in [-0.3, -0.25) is 0 Å². The minimum atomic E-state index is -2.97. The van der Waals surface area contributed by atoms with Crippen molar-refractivity contribution in [1.82, 2.24) is 5.32 Å². The van der Waals surface area contributed by atoms with Crippen LogP contribution in [0.15, 0.2) is 24.3 Å². The van der Waals surface area contributed by atoms with Gasteiger partial charge in [-0.15, -0.1) is 0 Å². The van der Waals surface area contributed by atoms with E-state index in [9.17, 15) is 8.42 Å². The standard InChI is InChI=1S/C16H27NO3S/c1-4-10-21(18,19)11-9-20-16-7-5-15(6-8-16)13-17-12-14(2)3/h5-8,14,17H,4,9-13H2,1-3H3. The summed E-state index contributed by atoms with van der Waals surface area (Å²) in [4.78, 5) is 0. The van der Waals surface area contributed by atoms with Crippen LogP contribution in [0.4, 0.5) is 0 Å². The molecule has 0 fully saturated rings. The summed E-state index contributed by atoms with van der Waals surface area (Å²) in [5.41, 5.74) is 1.20. The molecule has 0 atom stereocenters. The van der Waals surface area contributed by atoms with Crippen molar-refractivity contribution in [3.8, 4) is 5.75 Å². The lowest BCUT2D eigenvalue weighted by atomic mass is 10.2. The second-order valence-corrected chi connectivity index (χ2v) is 7.97. The van der Waals surface area contributed by atoms with Crippen LogP contribution in [0.25, 0.3) is 0 Å². The lowest BCUT2D eigenvalue weighted by molar-refractivity contribution is 0.340. The smallest absolute Gasteiger partial charge is 0.153 e. The maximum atomic E-state index is 11.6. The molecule has 1 N–H and O–H groups in total. The average molecular weight is 313 g/mol. The van der Waals surface area contributed by atoms with Gasteiger partial charge in [-0.1, -0.05) is 32.9 Å². The highest BCUT2D eigenvalue weighted by Crippen LogP contribution is 2.12. The molecule has 0 aliphatic carbocycles. The van der Waals surface area contributed by atoms with E-state index in [1.165, 1.54) is 5.56 Å². The first-order chi connectivity index (χ1) is 9.93. The van der Waals surface area contributed by atoms with Gasteiger partial charge in [-0.2, -0.15) is 0 Å². The maximum absolute atomic E-state index is 11.6. The van der Waals surface area contributed by atoms with Crippen LogP contribution in [0, 0.1) is 5.92 Å². The largest absolute Gasteiger partial charge is 0.493 e. The third-order valence-corrected chi connectivity index (χ3v) is 4.80. The van der Waals surface area contributed by atoms with Crippen molar-refractivity contribution in [2.24, 2.45) is 5.92 Å². The summed E-state index contributed by atoms with van der Waals surface area (Å²) in [5.74, 6) is 1.67. The molecule has 0 saturated carbocycles. The molecule has 120 valence electrons. The maximum Gasteiger partial charge on any atom is 0.153 e. The van der Waals surface area contributed by atoms with Gasteiger partial charge in [0.1, 0.15) is 12.4 Å². The normalized spacial score (nSPS) is 11.8. The summed E-state index contributed by atoms with van der Waals surface area (Å²) in [6.45, 7) is 8.27. The first kappa shape index (κ1) is 18.0. The molecule has 0 amide bonds. The molecule has 0 aliphatic heterocycles. The van der Waals surface area contributed by atoms with Crippen LogP contribution >= 0.6 is 0 Å². The summed E-state index contributed by atoms with van der Waals surface area (Å²) < 4.78 is 28.6. The average Bonchev–Trinajstić information content (AvgIpc) is 2.40. The van der Waals surface area contributed by atoms with Gasteiger partial charge in [-0.25, -0.2) is 8.42 Å². The van der Waals surface area contributed by atoms with Crippen molar-refractivity contribution in [3.63, 3.8) is 0 Å². The molecule has 1 rings (SSSR count). The third-order valence-electron chi connectivity index (χ3n) is 2.98. The number of sulfone groups is 1. The Morgan fingerprint density at radius 2 is 1.81 bits per heavy atom. The summed E-state index contributed by atoms with van der Waals surface area (Å²) in [6, 6.07) is 7.78. The highest BCUT2D eigenvalue weighted by molar-refractivity contribution is 7.91. The predicted octanol–water partition coefficient (Wildman–Crippen LogP) is 2.64. The monoisotopic (exact) mass is 313 g/mol. The highest BCUT2D eigenvalue weighted by atomic mass is 32.2. The van der Waals surface area contributed by atoms with E-state index in [1.807, 2.05) is 31.2 Å². The van der Waals surface area contributed by atoms with Crippen LogP contribution in [0.5, 0.6) is 5.75 Å². The first-order valence-electron chi connectivity index (χ1n) is 7.56. The quantitative estimate of drug-likeness (QED) is 0.721. The predicted molar refractivity (Wildman–Crippen MR) is 87.4 cm³/mol. The molecule has 0 unspecified atom stereocenters. The Balaban J connectivity index is 2.34. The zero-order valence-corrected chi connectivity index (χ0v) is 14.1. The minimum Gasteiger partial charge on any atom is -0.493 e. The Morgan fingerprint density at radius 1 is 1.14 bits per heavy atom. The van der Waals surface area contributed by atoms with Crippen LogP contribution in [0.3, 0.4) is 0 Å². The molecule has 0 heterocycles. The molecule has 5 heteroatoms. The van der Waals surface area contributed by atoms with Crippen LogP contribution < -0.4 is 10.1 Å². The molecule has 0 saturated heterocycles. The minimum absolute atomic E-state index is 0.0819. The van der Waals surface area contributed by atoms with E-state index in [0.717, 1.165) is 13.1 Å². The topological polar surface area (TPSA) is 55.4 Å². The van der Waals surface area contributed by atoms with Crippen molar-refractivity contribution < 1.29 is 13.2 Å². The van der Waals surface area contributed by atoms with Gasteiger partial charge in [0.15, 0.2) is 9.84 Å². The Labute approximate surface area is 128 Å². The van der Waals surface area contributed by atoms with Crippen molar-refractivity contribution in [2.75, 3.05) is 24.7 Å². The van der Waals surface area contributed by atoms with E-state index in [-0.39, 0.29) is 18.1 Å². The molecule has 0 bridgehead atoms. The van der Waals surface area contributed by atoms with Gasteiger partial charge in [0, 0.05) is 6.54 Å². The van der Waals surface area contributed by atoms with Crippen LogP contribution in [-0.2, 0) is 16.4 Å². The number of ether oxygens (including phenoxy) is 1. The van der Waals surface area contributed by atoms with Crippen LogP contribution in [-0.4, -0.2) is 33.1 Å². The number of hydrogen-bond acceptors (Lipinski definition) is 4. The zero-order valence-electron chi connectivity index (χ0n) is 13.3. The molecular formula is C16H27NO3S. The second-order valence-electron chi connectivity index (χ2n) is 5.67. The van der Waals surface area contributed by atoms with Gasteiger partial charge < -0.3 is 10.1 Å². The van der Waals surface area contributed by atoms with Crippen molar-refractivity contribution in [3.05, 3.63) is 29.8 Å². The number of rotatable bonds is 10. The van der Waals surface area contributed by atoms with E-state index in [1.54, 1.807) is 0 Å². The molecule has 0 aliphatic rings. The van der Waals surface area contributed by atoms with E-state index >= 15 is 0 Å². The fraction of sp³-hybridized carbons (Fsp3) is 0.625. The molecule has 21 heavy (non-hydrogen) atoms. The zero-order chi connectivity index (χ0) is 15.7. The van der Waals surface area contributed by atoms with E-state index in [4.69, 9.17) is 4.74 Å². The Morgan fingerprint density at radius 3 is 2.38 bits per heavy atom. The van der Waals surface area contributed by atoms with Gasteiger partial charge in [0.25, 0.3) is 0 Å². The second kappa shape index (κ2) is 9.05. The SMILES string of the molecule is CCCS(=O)(=O)CCOc1ccc(CNCC(C)C)cc1. The van der Waals surface area contributed by atoms with E-state index in [2.05, 4.69) is 19.2 Å². The van der Waals surface area contributed by atoms with E-state index < -0.39 is 9.84 Å². The number of benzene rings is 1. The summed E-state index contributed by atoms with van der Waals surface area (Å²) in [5, 5.41) is 3.38. The van der Waals surface area contributed by atoms with Crippen molar-refractivity contribution >= 4 is 9.84 Å². The molecule has 1 aromatic carbocycles. The molecule has 1 aromatic rings. The van der Waals surface area contributed by atoms with Crippen molar-refractivity contribution in [2.45, 2.75) is 33.7 Å². The van der Waals surface area contributed by atoms with Gasteiger partial charge >= 0.3 is 0 Å². The molecular weight excluding hydrogens is 286 g/mol. The van der Waals surface area contributed by atoms with Gasteiger partial charge in [0.05, 0.1) is 11.5 Å². The van der Waals surface area contributed by atoms with Crippen molar-refractivity contribution in [1.29, 1.82) is 0 Å². The van der Waals surface area contributed by atoms with E-state index in [0.29, 0.717) is 18.1 Å². The van der Waals surface area contributed by atoms with Crippen LogP contribution in [0.2, 0.25) is 0 Å². The summed E-state index contributed by atoms with van der Waals surface area (Å²) in [7, 11) is -2.97.